The third kappa shape index (κ3) is 3.64. The first-order valence-electron chi connectivity index (χ1n) is 5.44. The summed E-state index contributed by atoms with van der Waals surface area (Å²) in [6.45, 7) is 0.854. The molecule has 3 nitrogen and oxygen atoms in total. The van der Waals surface area contributed by atoms with E-state index >= 15 is 0 Å². The summed E-state index contributed by atoms with van der Waals surface area (Å²) in [7, 11) is 0. The molecule has 1 heterocycles. The third-order valence-corrected chi connectivity index (χ3v) is 2.69. The molecule has 2 rings (SSSR count). The van der Waals surface area contributed by atoms with Crippen LogP contribution in [-0.4, -0.2) is 11.5 Å². The molecule has 0 saturated carbocycles. The number of hydrogen-bond acceptors (Lipinski definition) is 3. The number of hydrogen-bond donors (Lipinski definition) is 2. The van der Waals surface area contributed by atoms with Crippen LogP contribution in [0.4, 0.5) is 11.5 Å². The van der Waals surface area contributed by atoms with Gasteiger partial charge in [-0.05, 0) is 36.2 Å². The van der Waals surface area contributed by atoms with Crippen molar-refractivity contribution in [3.8, 4) is 0 Å². The molecule has 3 N–H and O–H groups in total. The number of rotatable bonds is 4. The average molecular weight is 248 g/mol. The molecule has 0 atom stereocenters. The lowest BCUT2D eigenvalue weighted by atomic mass is 10.1. The van der Waals surface area contributed by atoms with E-state index in [1.165, 1.54) is 5.56 Å². The molecule has 1 aromatic heterocycles. The minimum atomic E-state index is 0.535. The van der Waals surface area contributed by atoms with Gasteiger partial charge in [-0.25, -0.2) is 4.98 Å². The number of anilines is 2. The molecule has 0 fully saturated rings. The molecule has 0 aliphatic carbocycles. The second kappa shape index (κ2) is 5.55. The lowest BCUT2D eigenvalue weighted by molar-refractivity contribution is 1.02. The van der Waals surface area contributed by atoms with E-state index in [2.05, 4.69) is 10.3 Å². The highest BCUT2D eigenvalue weighted by Gasteiger charge is 1.95. The molecule has 0 unspecified atom stereocenters. The minimum absolute atomic E-state index is 0.535. The predicted octanol–water partition coefficient (Wildman–Crippen LogP) is 2.97. The normalized spacial score (nSPS) is 10.2. The third-order valence-electron chi connectivity index (χ3n) is 2.44. The van der Waals surface area contributed by atoms with Crippen molar-refractivity contribution in [3.05, 3.63) is 53.2 Å². The van der Waals surface area contributed by atoms with E-state index in [0.29, 0.717) is 5.82 Å². The molecule has 0 amide bonds. The summed E-state index contributed by atoms with van der Waals surface area (Å²) in [4.78, 5) is 4.01. The van der Waals surface area contributed by atoms with Crippen molar-refractivity contribution in [1.82, 2.24) is 4.98 Å². The fourth-order valence-corrected chi connectivity index (χ4v) is 1.64. The van der Waals surface area contributed by atoms with Gasteiger partial charge in [-0.2, -0.15) is 0 Å². The largest absolute Gasteiger partial charge is 0.384 e. The Morgan fingerprint density at radius 1 is 1.12 bits per heavy atom. The van der Waals surface area contributed by atoms with Crippen molar-refractivity contribution >= 4 is 23.1 Å². The van der Waals surface area contributed by atoms with Crippen LogP contribution in [0.3, 0.4) is 0 Å². The summed E-state index contributed by atoms with van der Waals surface area (Å²) in [5, 5.41) is 4.05. The Kier molecular flexibility index (Phi) is 3.83. The summed E-state index contributed by atoms with van der Waals surface area (Å²) in [6.07, 6.45) is 2.68. The summed E-state index contributed by atoms with van der Waals surface area (Å²) in [6, 6.07) is 11.6. The molecule has 0 saturated heterocycles. The monoisotopic (exact) mass is 247 g/mol. The molecule has 0 spiro atoms. The van der Waals surface area contributed by atoms with Crippen molar-refractivity contribution in [2.24, 2.45) is 0 Å². The molecule has 4 heteroatoms. The van der Waals surface area contributed by atoms with Gasteiger partial charge in [-0.1, -0.05) is 23.7 Å². The van der Waals surface area contributed by atoms with E-state index in [1.54, 1.807) is 12.3 Å². The topological polar surface area (TPSA) is 50.9 Å². The fraction of sp³-hybridized carbons (Fsp3) is 0.154. The van der Waals surface area contributed by atoms with Crippen LogP contribution in [0.1, 0.15) is 5.56 Å². The Morgan fingerprint density at radius 2 is 1.88 bits per heavy atom. The molecule has 1 aromatic carbocycles. The van der Waals surface area contributed by atoms with Crippen LogP contribution in [0.25, 0.3) is 0 Å². The second-order valence-electron chi connectivity index (χ2n) is 3.77. The first-order valence-corrected chi connectivity index (χ1v) is 5.82. The Balaban J connectivity index is 1.83. The smallest absolute Gasteiger partial charge is 0.123 e. The van der Waals surface area contributed by atoms with E-state index in [1.807, 2.05) is 30.3 Å². The number of pyridine rings is 1. The maximum atomic E-state index is 5.82. The van der Waals surface area contributed by atoms with Crippen LogP contribution in [-0.2, 0) is 6.42 Å². The van der Waals surface area contributed by atoms with Gasteiger partial charge < -0.3 is 11.1 Å². The Bertz CT molecular complexity index is 420. The fourth-order valence-electron chi connectivity index (χ4n) is 1.51. The molecular formula is C13H14ClN3. The molecule has 88 valence electrons. The first kappa shape index (κ1) is 11.7. The van der Waals surface area contributed by atoms with Crippen LogP contribution in [0.15, 0.2) is 42.6 Å². The van der Waals surface area contributed by atoms with Gasteiger partial charge in [0.05, 0.1) is 11.9 Å². The number of nitrogens with two attached hydrogens (primary N) is 1. The lowest BCUT2D eigenvalue weighted by Gasteiger charge is -2.06. The SMILES string of the molecule is Nc1ccc(NCCc2ccc(Cl)cc2)cn1. The van der Waals surface area contributed by atoms with Crippen molar-refractivity contribution in [1.29, 1.82) is 0 Å². The summed E-state index contributed by atoms with van der Waals surface area (Å²) < 4.78 is 0. The van der Waals surface area contributed by atoms with Crippen molar-refractivity contribution < 1.29 is 0 Å². The number of nitrogens with zero attached hydrogens (tertiary/aromatic N) is 1. The van der Waals surface area contributed by atoms with Crippen LogP contribution in [0, 0.1) is 0 Å². The predicted molar refractivity (Wildman–Crippen MR) is 72.3 cm³/mol. The Labute approximate surface area is 106 Å². The van der Waals surface area contributed by atoms with Gasteiger partial charge in [0.1, 0.15) is 5.82 Å². The van der Waals surface area contributed by atoms with Gasteiger partial charge in [-0.15, -0.1) is 0 Å². The van der Waals surface area contributed by atoms with E-state index < -0.39 is 0 Å². The zero-order valence-electron chi connectivity index (χ0n) is 9.36. The van der Waals surface area contributed by atoms with E-state index in [-0.39, 0.29) is 0 Å². The van der Waals surface area contributed by atoms with E-state index in [9.17, 15) is 0 Å². The highest BCUT2D eigenvalue weighted by atomic mass is 35.5. The van der Waals surface area contributed by atoms with Gasteiger partial charge in [-0.3, -0.25) is 0 Å². The lowest BCUT2D eigenvalue weighted by Crippen LogP contribution is -2.05. The Hall–Kier alpha value is -1.74. The van der Waals surface area contributed by atoms with E-state index in [0.717, 1.165) is 23.7 Å². The number of halogens is 1. The maximum absolute atomic E-state index is 5.82. The first-order chi connectivity index (χ1) is 8.24. The molecule has 0 bridgehead atoms. The summed E-state index contributed by atoms with van der Waals surface area (Å²) in [5.41, 5.74) is 7.74. The van der Waals surface area contributed by atoms with Crippen LogP contribution < -0.4 is 11.1 Å². The molecule has 2 aromatic rings. The van der Waals surface area contributed by atoms with Crippen molar-refractivity contribution in [3.63, 3.8) is 0 Å². The summed E-state index contributed by atoms with van der Waals surface area (Å²) >= 11 is 5.82. The van der Waals surface area contributed by atoms with Gasteiger partial charge in [0.15, 0.2) is 0 Å². The zero-order valence-corrected chi connectivity index (χ0v) is 10.1. The van der Waals surface area contributed by atoms with Crippen molar-refractivity contribution in [2.75, 3.05) is 17.6 Å². The molecule has 0 aliphatic rings. The zero-order chi connectivity index (χ0) is 12.1. The van der Waals surface area contributed by atoms with Crippen molar-refractivity contribution in [2.45, 2.75) is 6.42 Å². The highest BCUT2D eigenvalue weighted by Crippen LogP contribution is 2.11. The quantitative estimate of drug-likeness (QED) is 0.873. The molecule has 0 aliphatic heterocycles. The van der Waals surface area contributed by atoms with Crippen LogP contribution >= 0.6 is 11.6 Å². The number of nitrogen functional groups attached to an aromatic ring is 1. The van der Waals surface area contributed by atoms with Gasteiger partial charge >= 0.3 is 0 Å². The van der Waals surface area contributed by atoms with Crippen LogP contribution in [0.5, 0.6) is 0 Å². The van der Waals surface area contributed by atoms with Gasteiger partial charge in [0, 0.05) is 11.6 Å². The number of benzene rings is 1. The average Bonchev–Trinajstić information content (AvgIpc) is 2.34. The summed E-state index contributed by atoms with van der Waals surface area (Å²) in [5.74, 6) is 0.535. The highest BCUT2D eigenvalue weighted by molar-refractivity contribution is 6.30. The Morgan fingerprint density at radius 3 is 2.53 bits per heavy atom. The maximum Gasteiger partial charge on any atom is 0.123 e. The van der Waals surface area contributed by atoms with Gasteiger partial charge in [0.2, 0.25) is 0 Å². The molecular weight excluding hydrogens is 234 g/mol. The molecule has 17 heavy (non-hydrogen) atoms. The number of nitrogens with one attached hydrogen (secondary N) is 1. The minimum Gasteiger partial charge on any atom is -0.384 e. The van der Waals surface area contributed by atoms with Gasteiger partial charge in [0.25, 0.3) is 0 Å². The number of aromatic nitrogens is 1. The standard InChI is InChI=1S/C13H14ClN3/c14-11-3-1-10(2-4-11)7-8-16-12-5-6-13(15)17-9-12/h1-6,9,16H,7-8H2,(H2,15,17). The molecule has 0 radical (unpaired) electrons. The van der Waals surface area contributed by atoms with Crippen LogP contribution in [0.2, 0.25) is 5.02 Å². The second-order valence-corrected chi connectivity index (χ2v) is 4.21. The van der Waals surface area contributed by atoms with E-state index in [4.69, 9.17) is 17.3 Å².